The van der Waals surface area contributed by atoms with Crippen LogP contribution in [-0.2, 0) is 0 Å². The van der Waals surface area contributed by atoms with Crippen molar-refractivity contribution in [2.45, 2.75) is 51.5 Å². The zero-order valence-electron chi connectivity index (χ0n) is 10.2. The number of nitrogens with zero attached hydrogens (tertiary/aromatic N) is 1. The summed E-state index contributed by atoms with van der Waals surface area (Å²) in [5.41, 5.74) is 0. The largest absolute Gasteiger partial charge is 0.313 e. The molecule has 0 aromatic heterocycles. The van der Waals surface area contributed by atoms with Gasteiger partial charge in [-0.25, -0.2) is 0 Å². The molecule has 1 unspecified atom stereocenters. The summed E-state index contributed by atoms with van der Waals surface area (Å²) in [7, 11) is 0. The van der Waals surface area contributed by atoms with Crippen LogP contribution in [0.1, 0.15) is 45.4 Å². The molecule has 1 aliphatic carbocycles. The van der Waals surface area contributed by atoms with Crippen molar-refractivity contribution < 1.29 is 0 Å². The molecular weight excluding hydrogens is 184 g/mol. The van der Waals surface area contributed by atoms with Crippen molar-refractivity contribution in [1.82, 2.24) is 10.2 Å². The second kappa shape index (κ2) is 5.86. The van der Waals surface area contributed by atoms with E-state index in [1.54, 1.807) is 0 Å². The Morgan fingerprint density at radius 3 is 2.73 bits per heavy atom. The normalized spacial score (nSPS) is 29.0. The van der Waals surface area contributed by atoms with Gasteiger partial charge in [-0.05, 0) is 38.4 Å². The minimum atomic E-state index is 0.776. The van der Waals surface area contributed by atoms with Crippen LogP contribution >= 0.6 is 0 Å². The van der Waals surface area contributed by atoms with E-state index in [1.807, 2.05) is 0 Å². The summed E-state index contributed by atoms with van der Waals surface area (Å²) in [6, 6.07) is 0.776. The number of likely N-dealkylation sites (tertiary alicyclic amines) is 1. The van der Waals surface area contributed by atoms with Crippen molar-refractivity contribution in [2.75, 3.05) is 26.2 Å². The lowest BCUT2D eigenvalue weighted by Crippen LogP contribution is -2.32. The van der Waals surface area contributed by atoms with Gasteiger partial charge in [0, 0.05) is 12.6 Å². The maximum Gasteiger partial charge on any atom is 0.0207 e. The van der Waals surface area contributed by atoms with Gasteiger partial charge in [-0.3, -0.25) is 0 Å². The molecule has 1 heterocycles. The summed E-state index contributed by atoms with van der Waals surface area (Å²) in [5.74, 6) is 1.06. The highest BCUT2D eigenvalue weighted by Crippen LogP contribution is 2.28. The lowest BCUT2D eigenvalue weighted by Gasteiger charge is -2.18. The van der Waals surface area contributed by atoms with Gasteiger partial charge in [0.25, 0.3) is 0 Å². The third-order valence-corrected chi connectivity index (χ3v) is 4.09. The smallest absolute Gasteiger partial charge is 0.0207 e. The van der Waals surface area contributed by atoms with Gasteiger partial charge in [0.15, 0.2) is 0 Å². The van der Waals surface area contributed by atoms with Crippen LogP contribution in [0.2, 0.25) is 0 Å². The molecule has 2 heteroatoms. The number of hydrogen-bond donors (Lipinski definition) is 1. The topological polar surface area (TPSA) is 15.3 Å². The third-order valence-electron chi connectivity index (χ3n) is 4.09. The molecule has 1 atom stereocenters. The zero-order valence-corrected chi connectivity index (χ0v) is 10.2. The zero-order chi connectivity index (χ0) is 10.5. The van der Waals surface area contributed by atoms with E-state index in [0.717, 1.165) is 18.5 Å². The fourth-order valence-corrected chi connectivity index (χ4v) is 3.16. The summed E-state index contributed by atoms with van der Waals surface area (Å²) in [6.45, 7) is 7.31. The fraction of sp³-hybridized carbons (Fsp3) is 1.00. The average molecular weight is 210 g/mol. The molecule has 1 saturated heterocycles. The van der Waals surface area contributed by atoms with Crippen LogP contribution in [0, 0.1) is 5.92 Å². The van der Waals surface area contributed by atoms with Gasteiger partial charge in [-0.1, -0.05) is 32.6 Å². The van der Waals surface area contributed by atoms with Crippen LogP contribution in [0.15, 0.2) is 0 Å². The number of hydrogen-bond acceptors (Lipinski definition) is 2. The van der Waals surface area contributed by atoms with Gasteiger partial charge in [-0.2, -0.15) is 0 Å². The van der Waals surface area contributed by atoms with E-state index in [-0.39, 0.29) is 0 Å². The van der Waals surface area contributed by atoms with E-state index in [2.05, 4.69) is 17.1 Å². The Balaban J connectivity index is 1.59. The average Bonchev–Trinajstić information content (AvgIpc) is 2.85. The van der Waals surface area contributed by atoms with Crippen LogP contribution in [0.4, 0.5) is 0 Å². The summed E-state index contributed by atoms with van der Waals surface area (Å²) < 4.78 is 0. The Morgan fingerprint density at radius 1 is 1.20 bits per heavy atom. The molecule has 1 aliphatic heterocycles. The summed E-state index contributed by atoms with van der Waals surface area (Å²) in [4.78, 5) is 2.66. The molecule has 2 rings (SSSR count). The Bertz CT molecular complexity index is 175. The Morgan fingerprint density at radius 2 is 2.00 bits per heavy atom. The predicted molar refractivity (Wildman–Crippen MR) is 65.1 cm³/mol. The molecular formula is C13H26N2. The third kappa shape index (κ3) is 3.46. The van der Waals surface area contributed by atoms with E-state index >= 15 is 0 Å². The first kappa shape index (κ1) is 11.4. The van der Waals surface area contributed by atoms with Crippen molar-refractivity contribution in [2.24, 2.45) is 5.92 Å². The molecule has 0 amide bonds. The van der Waals surface area contributed by atoms with Crippen LogP contribution < -0.4 is 5.32 Å². The van der Waals surface area contributed by atoms with E-state index < -0.39 is 0 Å². The molecule has 0 spiro atoms. The van der Waals surface area contributed by atoms with Crippen molar-refractivity contribution >= 4 is 0 Å². The maximum absolute atomic E-state index is 3.56. The Labute approximate surface area is 94.4 Å². The van der Waals surface area contributed by atoms with E-state index in [4.69, 9.17) is 0 Å². The van der Waals surface area contributed by atoms with Crippen LogP contribution in [0.25, 0.3) is 0 Å². The summed E-state index contributed by atoms with van der Waals surface area (Å²) >= 11 is 0. The van der Waals surface area contributed by atoms with Gasteiger partial charge in [0.05, 0.1) is 0 Å². The number of likely N-dealkylation sites (N-methyl/N-ethyl adjacent to an activating group) is 1. The number of nitrogens with one attached hydrogen (secondary N) is 1. The molecule has 0 bridgehead atoms. The first-order chi connectivity index (χ1) is 7.38. The lowest BCUT2D eigenvalue weighted by atomic mass is 10.0. The lowest BCUT2D eigenvalue weighted by molar-refractivity contribution is 0.296. The monoisotopic (exact) mass is 210 g/mol. The SMILES string of the molecule is CCNC1CCN(CCC2CCCC2)C1. The predicted octanol–water partition coefficient (Wildman–Crippen LogP) is 2.25. The molecule has 0 aromatic carbocycles. The molecule has 1 N–H and O–H groups in total. The van der Waals surface area contributed by atoms with Crippen molar-refractivity contribution in [1.29, 1.82) is 0 Å². The van der Waals surface area contributed by atoms with Gasteiger partial charge in [-0.15, -0.1) is 0 Å². The molecule has 1 saturated carbocycles. The minimum Gasteiger partial charge on any atom is -0.313 e. The Hall–Kier alpha value is -0.0800. The molecule has 2 nitrogen and oxygen atoms in total. The second-order valence-electron chi connectivity index (χ2n) is 5.28. The standard InChI is InChI=1S/C13H26N2/c1-2-14-13-8-10-15(11-13)9-7-12-5-3-4-6-12/h12-14H,2-11H2,1H3. The first-order valence-corrected chi connectivity index (χ1v) is 6.84. The van der Waals surface area contributed by atoms with Crippen LogP contribution in [-0.4, -0.2) is 37.1 Å². The molecule has 15 heavy (non-hydrogen) atoms. The molecule has 2 aliphatic rings. The number of rotatable bonds is 5. The van der Waals surface area contributed by atoms with Crippen molar-refractivity contribution in [3.63, 3.8) is 0 Å². The van der Waals surface area contributed by atoms with Crippen LogP contribution in [0.3, 0.4) is 0 Å². The second-order valence-corrected chi connectivity index (χ2v) is 5.28. The Kier molecular flexibility index (Phi) is 4.45. The van der Waals surface area contributed by atoms with E-state index in [0.29, 0.717) is 0 Å². The molecule has 0 radical (unpaired) electrons. The van der Waals surface area contributed by atoms with Gasteiger partial charge < -0.3 is 10.2 Å². The highest BCUT2D eigenvalue weighted by molar-refractivity contribution is 4.81. The maximum atomic E-state index is 3.56. The van der Waals surface area contributed by atoms with Gasteiger partial charge >= 0.3 is 0 Å². The van der Waals surface area contributed by atoms with E-state index in [9.17, 15) is 0 Å². The van der Waals surface area contributed by atoms with Gasteiger partial charge in [0.1, 0.15) is 0 Å². The van der Waals surface area contributed by atoms with Gasteiger partial charge in [0.2, 0.25) is 0 Å². The fourth-order valence-electron chi connectivity index (χ4n) is 3.16. The van der Waals surface area contributed by atoms with Crippen molar-refractivity contribution in [3.8, 4) is 0 Å². The molecule has 2 fully saturated rings. The minimum absolute atomic E-state index is 0.776. The first-order valence-electron chi connectivity index (χ1n) is 6.84. The summed E-state index contributed by atoms with van der Waals surface area (Å²) in [6.07, 6.45) is 8.81. The quantitative estimate of drug-likeness (QED) is 0.749. The van der Waals surface area contributed by atoms with E-state index in [1.165, 1.54) is 58.2 Å². The highest BCUT2D eigenvalue weighted by Gasteiger charge is 2.22. The van der Waals surface area contributed by atoms with Crippen molar-refractivity contribution in [3.05, 3.63) is 0 Å². The molecule has 0 aromatic rings. The molecule has 88 valence electrons. The summed E-state index contributed by atoms with van der Waals surface area (Å²) in [5, 5.41) is 3.56. The highest BCUT2D eigenvalue weighted by atomic mass is 15.2. The van der Waals surface area contributed by atoms with Crippen LogP contribution in [0.5, 0.6) is 0 Å².